The quantitative estimate of drug-likeness (QED) is 0.514. The van der Waals surface area contributed by atoms with Gasteiger partial charge in [-0.2, -0.15) is 5.10 Å². The van der Waals surface area contributed by atoms with Gasteiger partial charge in [0.2, 0.25) is 0 Å². The molecule has 22 heavy (non-hydrogen) atoms. The maximum absolute atomic E-state index is 10.9. The van der Waals surface area contributed by atoms with Gasteiger partial charge in [-0.3, -0.25) is 25.7 Å². The third-order valence-electron chi connectivity index (χ3n) is 2.64. The van der Waals surface area contributed by atoms with Crippen molar-refractivity contribution in [3.8, 4) is 0 Å². The highest BCUT2D eigenvalue weighted by atomic mass is 35.5. The Bertz CT molecular complexity index is 763. The maximum Gasteiger partial charge on any atom is 0.301 e. The van der Waals surface area contributed by atoms with Crippen LogP contribution in [0.2, 0.25) is 5.02 Å². The van der Waals surface area contributed by atoms with Crippen molar-refractivity contribution >= 4 is 34.9 Å². The smallest absolute Gasteiger partial charge is 0.272 e. The molecule has 0 aliphatic heterocycles. The van der Waals surface area contributed by atoms with Crippen molar-refractivity contribution in [1.82, 2.24) is 0 Å². The standard InChI is InChI=1S/C13H9ClN4O4/c14-10-3-1-2-9(6-10)8-15-16-12-5-4-11(17(19)20)7-13(12)18(21)22/h1-8,16H/b15-8+. The molecule has 0 bridgehead atoms. The fourth-order valence-corrected chi connectivity index (χ4v) is 1.84. The molecule has 0 atom stereocenters. The molecule has 0 aliphatic rings. The van der Waals surface area contributed by atoms with Crippen LogP contribution in [0.3, 0.4) is 0 Å². The summed E-state index contributed by atoms with van der Waals surface area (Å²) >= 11 is 5.82. The molecule has 0 heterocycles. The van der Waals surface area contributed by atoms with Crippen LogP contribution >= 0.6 is 11.6 Å². The maximum atomic E-state index is 10.9. The Morgan fingerprint density at radius 2 is 1.86 bits per heavy atom. The van der Waals surface area contributed by atoms with Crippen molar-refractivity contribution in [3.63, 3.8) is 0 Å². The van der Waals surface area contributed by atoms with Crippen LogP contribution < -0.4 is 5.43 Å². The number of nitro groups is 2. The number of hydrazone groups is 1. The highest BCUT2D eigenvalue weighted by molar-refractivity contribution is 6.30. The highest BCUT2D eigenvalue weighted by Gasteiger charge is 2.18. The summed E-state index contributed by atoms with van der Waals surface area (Å²) < 4.78 is 0. The molecule has 0 radical (unpaired) electrons. The molecule has 9 heteroatoms. The lowest BCUT2D eigenvalue weighted by Crippen LogP contribution is -1.98. The van der Waals surface area contributed by atoms with Crippen LogP contribution in [0.5, 0.6) is 0 Å². The Morgan fingerprint density at radius 3 is 2.50 bits per heavy atom. The molecule has 0 saturated heterocycles. The first-order valence-electron chi connectivity index (χ1n) is 5.95. The molecule has 0 fully saturated rings. The van der Waals surface area contributed by atoms with E-state index in [9.17, 15) is 20.2 Å². The zero-order valence-electron chi connectivity index (χ0n) is 11.0. The van der Waals surface area contributed by atoms with Gasteiger partial charge < -0.3 is 0 Å². The van der Waals surface area contributed by atoms with E-state index in [0.29, 0.717) is 10.6 Å². The third kappa shape index (κ3) is 3.76. The predicted octanol–water partition coefficient (Wildman–Crippen LogP) is 3.60. The van der Waals surface area contributed by atoms with E-state index in [0.717, 1.165) is 12.1 Å². The molecule has 2 aromatic carbocycles. The van der Waals surface area contributed by atoms with Crippen LogP contribution in [0, 0.1) is 20.2 Å². The number of benzene rings is 2. The Labute approximate surface area is 129 Å². The number of rotatable bonds is 5. The van der Waals surface area contributed by atoms with Crippen molar-refractivity contribution in [2.45, 2.75) is 0 Å². The topological polar surface area (TPSA) is 111 Å². The lowest BCUT2D eigenvalue weighted by Gasteiger charge is -2.02. The Kier molecular flexibility index (Phi) is 4.64. The molecule has 0 aliphatic carbocycles. The molecule has 0 spiro atoms. The third-order valence-corrected chi connectivity index (χ3v) is 2.87. The first kappa shape index (κ1) is 15.4. The molecular formula is C13H9ClN4O4. The molecule has 2 aromatic rings. The van der Waals surface area contributed by atoms with Crippen LogP contribution in [0.25, 0.3) is 0 Å². The summed E-state index contributed by atoms with van der Waals surface area (Å²) in [6.07, 6.45) is 1.43. The van der Waals surface area contributed by atoms with E-state index >= 15 is 0 Å². The molecule has 8 nitrogen and oxygen atoms in total. The van der Waals surface area contributed by atoms with Crippen molar-refractivity contribution in [1.29, 1.82) is 0 Å². The summed E-state index contributed by atoms with van der Waals surface area (Å²) in [5, 5.41) is 26.0. The van der Waals surface area contributed by atoms with Gasteiger partial charge in [0, 0.05) is 11.1 Å². The minimum atomic E-state index is -0.718. The number of hydrogen-bond donors (Lipinski definition) is 1. The van der Waals surface area contributed by atoms with E-state index in [1.54, 1.807) is 24.3 Å². The highest BCUT2D eigenvalue weighted by Crippen LogP contribution is 2.28. The van der Waals surface area contributed by atoms with E-state index in [4.69, 9.17) is 11.6 Å². The summed E-state index contributed by atoms with van der Waals surface area (Å²) in [5.41, 5.74) is 2.44. The average Bonchev–Trinajstić information content (AvgIpc) is 2.47. The van der Waals surface area contributed by atoms with Crippen molar-refractivity contribution in [2.75, 3.05) is 5.43 Å². The van der Waals surface area contributed by atoms with Gasteiger partial charge in [-0.05, 0) is 23.8 Å². The van der Waals surface area contributed by atoms with Crippen molar-refractivity contribution in [2.24, 2.45) is 5.10 Å². The summed E-state index contributed by atoms with van der Waals surface area (Å²) in [6, 6.07) is 10.1. The van der Waals surface area contributed by atoms with E-state index in [2.05, 4.69) is 10.5 Å². The number of halogens is 1. The van der Waals surface area contributed by atoms with Crippen LogP contribution in [-0.4, -0.2) is 16.1 Å². The van der Waals surface area contributed by atoms with Crippen molar-refractivity contribution < 1.29 is 9.85 Å². The Balaban J connectivity index is 2.22. The zero-order chi connectivity index (χ0) is 16.1. The molecular weight excluding hydrogens is 312 g/mol. The second-order valence-corrected chi connectivity index (χ2v) is 4.58. The summed E-state index contributed by atoms with van der Waals surface area (Å²) in [4.78, 5) is 20.2. The van der Waals surface area contributed by atoms with Crippen LogP contribution in [-0.2, 0) is 0 Å². The fourth-order valence-electron chi connectivity index (χ4n) is 1.64. The van der Waals surface area contributed by atoms with E-state index in [1.807, 2.05) is 0 Å². The first-order chi connectivity index (χ1) is 10.5. The second-order valence-electron chi connectivity index (χ2n) is 4.14. The van der Waals surface area contributed by atoms with Gasteiger partial charge in [-0.15, -0.1) is 0 Å². The summed E-state index contributed by atoms with van der Waals surface area (Å²) in [7, 11) is 0. The average molecular weight is 321 g/mol. The number of nitrogens with zero attached hydrogens (tertiary/aromatic N) is 3. The largest absolute Gasteiger partial charge is 0.301 e. The lowest BCUT2D eigenvalue weighted by atomic mass is 10.2. The Morgan fingerprint density at radius 1 is 1.09 bits per heavy atom. The SMILES string of the molecule is O=[N+]([O-])c1ccc(N/N=C/c2cccc(Cl)c2)c([N+](=O)[O-])c1. The molecule has 0 unspecified atom stereocenters. The van der Waals surface area contributed by atoms with Crippen molar-refractivity contribution in [3.05, 3.63) is 73.3 Å². The van der Waals surface area contributed by atoms with E-state index < -0.39 is 15.5 Å². The van der Waals surface area contributed by atoms with E-state index in [-0.39, 0.29) is 11.4 Å². The van der Waals surface area contributed by atoms with Gasteiger partial charge in [-0.25, -0.2) is 0 Å². The van der Waals surface area contributed by atoms with Gasteiger partial charge in [0.1, 0.15) is 5.69 Å². The summed E-state index contributed by atoms with van der Waals surface area (Å²) in [5.74, 6) is 0. The van der Waals surface area contributed by atoms with Gasteiger partial charge in [0.05, 0.1) is 22.1 Å². The van der Waals surface area contributed by atoms with Crippen LogP contribution in [0.1, 0.15) is 5.56 Å². The Hall–Kier alpha value is -3.00. The van der Waals surface area contributed by atoms with Gasteiger partial charge >= 0.3 is 5.69 Å². The monoisotopic (exact) mass is 320 g/mol. The fraction of sp³-hybridized carbons (Fsp3) is 0. The number of non-ortho nitro benzene ring substituents is 1. The molecule has 1 N–H and O–H groups in total. The number of anilines is 1. The minimum absolute atomic E-state index is 0.0499. The molecule has 0 saturated carbocycles. The van der Waals surface area contributed by atoms with Crippen LogP contribution in [0.15, 0.2) is 47.6 Å². The lowest BCUT2D eigenvalue weighted by molar-refractivity contribution is -0.393. The van der Waals surface area contributed by atoms with Crippen LogP contribution in [0.4, 0.5) is 17.1 Å². The van der Waals surface area contributed by atoms with Gasteiger partial charge in [0.25, 0.3) is 5.69 Å². The zero-order valence-corrected chi connectivity index (χ0v) is 11.7. The van der Waals surface area contributed by atoms with E-state index in [1.165, 1.54) is 12.3 Å². The molecule has 0 aromatic heterocycles. The van der Waals surface area contributed by atoms with Gasteiger partial charge in [-0.1, -0.05) is 23.7 Å². The van der Waals surface area contributed by atoms with Gasteiger partial charge in [0.15, 0.2) is 0 Å². The summed E-state index contributed by atoms with van der Waals surface area (Å²) in [6.45, 7) is 0. The number of hydrogen-bond acceptors (Lipinski definition) is 6. The molecule has 2 rings (SSSR count). The predicted molar refractivity (Wildman–Crippen MR) is 82.4 cm³/mol. The number of nitrogens with one attached hydrogen (secondary N) is 1. The second kappa shape index (κ2) is 6.64. The minimum Gasteiger partial charge on any atom is -0.272 e. The first-order valence-corrected chi connectivity index (χ1v) is 6.32. The normalized spacial score (nSPS) is 10.6. The number of nitro benzene ring substituents is 2. The molecule has 0 amide bonds. The molecule has 112 valence electrons.